The number of fused-ring (bicyclic) bond motifs is 1. The summed E-state index contributed by atoms with van der Waals surface area (Å²) in [5.41, 5.74) is 8.89. The van der Waals surface area contributed by atoms with Gasteiger partial charge in [-0.05, 0) is 37.8 Å². The van der Waals surface area contributed by atoms with Crippen molar-refractivity contribution in [1.82, 2.24) is 15.0 Å². The number of halogens is 1. The highest BCUT2D eigenvalue weighted by atomic mass is 35.5. The van der Waals surface area contributed by atoms with Gasteiger partial charge in [-0.25, -0.2) is 9.97 Å². The zero-order valence-electron chi connectivity index (χ0n) is 9.86. The van der Waals surface area contributed by atoms with Gasteiger partial charge in [-0.1, -0.05) is 11.6 Å². The minimum atomic E-state index is 0.588. The number of anilines is 1. The van der Waals surface area contributed by atoms with Crippen molar-refractivity contribution >= 4 is 17.4 Å². The first-order chi connectivity index (χ1) is 8.74. The van der Waals surface area contributed by atoms with E-state index in [4.69, 9.17) is 17.3 Å². The summed E-state index contributed by atoms with van der Waals surface area (Å²) in [5.74, 6) is 1.18. The highest BCUT2D eigenvalue weighted by Gasteiger charge is 2.17. The molecule has 2 N–H and O–H groups in total. The van der Waals surface area contributed by atoms with Crippen LogP contribution in [-0.4, -0.2) is 15.0 Å². The minimum Gasteiger partial charge on any atom is -0.383 e. The number of pyridine rings is 1. The number of hydrogen-bond donors (Lipinski definition) is 1. The molecular formula is C13H13ClN4. The number of hydrogen-bond acceptors (Lipinski definition) is 4. The number of nitrogens with zero attached hydrogens (tertiary/aromatic N) is 3. The predicted molar refractivity (Wildman–Crippen MR) is 71.3 cm³/mol. The second kappa shape index (κ2) is 4.53. The van der Waals surface area contributed by atoms with Crippen molar-refractivity contribution in [2.24, 2.45) is 0 Å². The quantitative estimate of drug-likeness (QED) is 0.856. The summed E-state index contributed by atoms with van der Waals surface area (Å²) in [5, 5.41) is 0.602. The van der Waals surface area contributed by atoms with Crippen molar-refractivity contribution in [2.75, 3.05) is 5.73 Å². The van der Waals surface area contributed by atoms with Crippen LogP contribution in [0.5, 0.6) is 0 Å². The maximum atomic E-state index is 6.00. The van der Waals surface area contributed by atoms with E-state index in [9.17, 15) is 0 Å². The average Bonchev–Trinajstić information content (AvgIpc) is 2.39. The molecule has 0 aromatic carbocycles. The summed E-state index contributed by atoms with van der Waals surface area (Å²) in [6, 6.07) is 3.59. The molecular weight excluding hydrogens is 248 g/mol. The predicted octanol–water partition coefficient (Wildman–Crippen LogP) is 2.65. The molecule has 0 aliphatic heterocycles. The highest BCUT2D eigenvalue weighted by molar-refractivity contribution is 6.30. The van der Waals surface area contributed by atoms with Gasteiger partial charge in [0.2, 0.25) is 0 Å². The van der Waals surface area contributed by atoms with Gasteiger partial charge in [-0.15, -0.1) is 0 Å². The van der Waals surface area contributed by atoms with E-state index in [1.54, 1.807) is 12.3 Å². The van der Waals surface area contributed by atoms with Crippen molar-refractivity contribution < 1.29 is 0 Å². The third-order valence-electron chi connectivity index (χ3n) is 3.17. The Morgan fingerprint density at radius 2 is 1.94 bits per heavy atom. The van der Waals surface area contributed by atoms with Crippen LogP contribution in [0.4, 0.5) is 5.82 Å². The van der Waals surface area contributed by atoms with Crippen molar-refractivity contribution in [2.45, 2.75) is 25.7 Å². The topological polar surface area (TPSA) is 64.7 Å². The largest absolute Gasteiger partial charge is 0.383 e. The van der Waals surface area contributed by atoms with Crippen LogP contribution in [0.15, 0.2) is 18.3 Å². The highest BCUT2D eigenvalue weighted by Crippen LogP contribution is 2.26. The molecule has 1 aliphatic carbocycles. The second-order valence-corrected chi connectivity index (χ2v) is 4.86. The smallest absolute Gasteiger partial charge is 0.180 e. The Morgan fingerprint density at radius 1 is 1.11 bits per heavy atom. The van der Waals surface area contributed by atoms with E-state index in [0.29, 0.717) is 22.4 Å². The van der Waals surface area contributed by atoms with Gasteiger partial charge in [0.25, 0.3) is 0 Å². The van der Waals surface area contributed by atoms with E-state index in [1.807, 2.05) is 6.07 Å². The van der Waals surface area contributed by atoms with Crippen molar-refractivity contribution in [3.8, 4) is 11.5 Å². The summed E-state index contributed by atoms with van der Waals surface area (Å²) in [6.45, 7) is 0. The second-order valence-electron chi connectivity index (χ2n) is 4.43. The number of rotatable bonds is 1. The Labute approximate surface area is 110 Å². The molecule has 0 atom stereocenters. The van der Waals surface area contributed by atoms with Crippen LogP contribution < -0.4 is 5.73 Å². The maximum Gasteiger partial charge on any atom is 0.180 e. The fourth-order valence-corrected chi connectivity index (χ4v) is 2.36. The van der Waals surface area contributed by atoms with E-state index in [2.05, 4.69) is 15.0 Å². The van der Waals surface area contributed by atoms with E-state index in [-0.39, 0.29) is 0 Å². The Bertz CT molecular complexity index is 580. The van der Waals surface area contributed by atoms with E-state index in [0.717, 1.165) is 30.5 Å². The normalized spacial score (nSPS) is 14.3. The number of aromatic nitrogens is 3. The van der Waals surface area contributed by atoms with Gasteiger partial charge in [0.15, 0.2) is 5.82 Å². The fraction of sp³-hybridized carbons (Fsp3) is 0.308. The molecule has 0 spiro atoms. The maximum absolute atomic E-state index is 6.00. The zero-order valence-corrected chi connectivity index (χ0v) is 10.6. The Kier molecular flexibility index (Phi) is 2.88. The summed E-state index contributed by atoms with van der Waals surface area (Å²) >= 11 is 5.82. The van der Waals surface area contributed by atoms with Gasteiger partial charge in [0, 0.05) is 17.5 Å². The van der Waals surface area contributed by atoms with Gasteiger partial charge in [-0.2, -0.15) is 0 Å². The molecule has 0 fully saturated rings. The summed E-state index contributed by atoms with van der Waals surface area (Å²) < 4.78 is 0. The summed E-state index contributed by atoms with van der Waals surface area (Å²) in [4.78, 5) is 13.2. The monoisotopic (exact) mass is 260 g/mol. The summed E-state index contributed by atoms with van der Waals surface area (Å²) in [7, 11) is 0. The SMILES string of the molecule is Nc1nc(-c2ccc(Cl)cn2)nc2c1CCCC2. The molecule has 0 bridgehead atoms. The van der Waals surface area contributed by atoms with Crippen LogP contribution >= 0.6 is 11.6 Å². The molecule has 3 rings (SSSR count). The molecule has 5 heteroatoms. The average molecular weight is 261 g/mol. The van der Waals surface area contributed by atoms with Gasteiger partial charge in [-0.3, -0.25) is 4.98 Å². The summed E-state index contributed by atoms with van der Waals surface area (Å²) in [6.07, 6.45) is 5.88. The number of aryl methyl sites for hydroxylation is 1. The van der Waals surface area contributed by atoms with Crippen LogP contribution in [0.3, 0.4) is 0 Å². The fourth-order valence-electron chi connectivity index (χ4n) is 2.25. The first-order valence-electron chi connectivity index (χ1n) is 6.01. The number of nitrogen functional groups attached to an aromatic ring is 1. The molecule has 18 heavy (non-hydrogen) atoms. The Hall–Kier alpha value is -1.68. The molecule has 0 amide bonds. The van der Waals surface area contributed by atoms with Gasteiger partial charge >= 0.3 is 0 Å². The van der Waals surface area contributed by atoms with E-state index < -0.39 is 0 Å². The van der Waals surface area contributed by atoms with Gasteiger partial charge in [0.05, 0.1) is 5.02 Å². The van der Waals surface area contributed by atoms with Crippen molar-refractivity contribution in [3.63, 3.8) is 0 Å². The lowest BCUT2D eigenvalue weighted by molar-refractivity contribution is 0.665. The van der Waals surface area contributed by atoms with E-state index >= 15 is 0 Å². The molecule has 2 aromatic heterocycles. The number of nitrogens with two attached hydrogens (primary N) is 1. The minimum absolute atomic E-state index is 0.588. The molecule has 2 aromatic rings. The van der Waals surface area contributed by atoms with Gasteiger partial charge in [0.1, 0.15) is 11.5 Å². The zero-order chi connectivity index (χ0) is 12.5. The van der Waals surface area contributed by atoms with Crippen LogP contribution in [0.2, 0.25) is 5.02 Å². The molecule has 92 valence electrons. The van der Waals surface area contributed by atoms with E-state index in [1.165, 1.54) is 6.42 Å². The van der Waals surface area contributed by atoms with Crippen LogP contribution in [0.1, 0.15) is 24.1 Å². The lowest BCUT2D eigenvalue weighted by Gasteiger charge is -2.16. The first kappa shape index (κ1) is 11.4. The first-order valence-corrected chi connectivity index (χ1v) is 6.39. The lowest BCUT2D eigenvalue weighted by Crippen LogP contribution is -2.12. The molecule has 0 unspecified atom stereocenters. The molecule has 0 saturated heterocycles. The standard InChI is InChI=1S/C13H13ClN4/c14-8-5-6-11(16-7-8)13-17-10-4-2-1-3-9(10)12(15)18-13/h5-7H,1-4H2,(H2,15,17,18). The van der Waals surface area contributed by atoms with Crippen molar-refractivity contribution in [3.05, 3.63) is 34.6 Å². The van der Waals surface area contributed by atoms with Crippen LogP contribution in [0.25, 0.3) is 11.5 Å². The third-order valence-corrected chi connectivity index (χ3v) is 3.40. The molecule has 2 heterocycles. The van der Waals surface area contributed by atoms with Crippen LogP contribution in [-0.2, 0) is 12.8 Å². The van der Waals surface area contributed by atoms with Crippen LogP contribution in [0, 0.1) is 0 Å². The molecule has 0 saturated carbocycles. The molecule has 4 nitrogen and oxygen atoms in total. The Morgan fingerprint density at radius 3 is 2.72 bits per heavy atom. The Balaban J connectivity index is 2.08. The third kappa shape index (κ3) is 2.04. The molecule has 0 radical (unpaired) electrons. The lowest BCUT2D eigenvalue weighted by atomic mass is 9.96. The van der Waals surface area contributed by atoms with Crippen molar-refractivity contribution in [1.29, 1.82) is 0 Å². The van der Waals surface area contributed by atoms with Gasteiger partial charge < -0.3 is 5.73 Å². The molecule has 1 aliphatic rings.